The summed E-state index contributed by atoms with van der Waals surface area (Å²) in [5.74, 6) is -0.507. The van der Waals surface area contributed by atoms with Crippen LogP contribution in [0.4, 0.5) is 4.39 Å². The molecule has 1 aliphatic heterocycles. The first-order valence-corrected chi connectivity index (χ1v) is 8.55. The summed E-state index contributed by atoms with van der Waals surface area (Å²) in [4.78, 5) is 14.2. The van der Waals surface area contributed by atoms with E-state index in [1.165, 1.54) is 12.1 Å². The molecular formula is C18H27FN2O3. The van der Waals surface area contributed by atoms with Crippen LogP contribution in [-0.2, 0) is 16.0 Å². The van der Waals surface area contributed by atoms with Gasteiger partial charge in [-0.3, -0.25) is 9.69 Å². The number of morpholine rings is 1. The lowest BCUT2D eigenvalue weighted by atomic mass is 10.0. The number of hydrogen-bond acceptors (Lipinski definition) is 4. The Labute approximate surface area is 142 Å². The molecule has 134 valence electrons. The number of amides is 1. The average Bonchev–Trinajstić information content (AvgIpc) is 2.58. The third kappa shape index (κ3) is 6.55. The topological polar surface area (TPSA) is 61.8 Å². The fraction of sp³-hybridized carbons (Fsp3) is 0.611. The van der Waals surface area contributed by atoms with E-state index in [4.69, 9.17) is 4.74 Å². The third-order valence-corrected chi connectivity index (χ3v) is 4.29. The molecule has 1 amide bonds. The van der Waals surface area contributed by atoms with E-state index < -0.39 is 6.10 Å². The van der Waals surface area contributed by atoms with E-state index in [0.29, 0.717) is 32.6 Å². The van der Waals surface area contributed by atoms with Gasteiger partial charge in [0.15, 0.2) is 0 Å². The van der Waals surface area contributed by atoms with Crippen LogP contribution < -0.4 is 5.32 Å². The molecule has 2 N–H and O–H groups in total. The molecule has 1 aromatic rings. The van der Waals surface area contributed by atoms with Crippen LogP contribution in [0, 0.1) is 11.7 Å². The monoisotopic (exact) mass is 338 g/mol. The van der Waals surface area contributed by atoms with Crippen molar-refractivity contribution in [2.75, 3.05) is 39.4 Å². The molecule has 0 aromatic heterocycles. The molecule has 6 heteroatoms. The van der Waals surface area contributed by atoms with Crippen LogP contribution >= 0.6 is 0 Å². The van der Waals surface area contributed by atoms with Crippen molar-refractivity contribution in [3.8, 4) is 0 Å². The first-order valence-electron chi connectivity index (χ1n) is 8.55. The Morgan fingerprint density at radius 3 is 2.88 bits per heavy atom. The van der Waals surface area contributed by atoms with Gasteiger partial charge < -0.3 is 15.2 Å². The van der Waals surface area contributed by atoms with Crippen molar-refractivity contribution < 1.29 is 19.0 Å². The van der Waals surface area contributed by atoms with Crippen LogP contribution in [0.15, 0.2) is 24.3 Å². The number of aliphatic hydroxyl groups excluding tert-OH is 1. The van der Waals surface area contributed by atoms with Crippen LogP contribution in [0.1, 0.15) is 18.9 Å². The zero-order valence-electron chi connectivity index (χ0n) is 14.2. The van der Waals surface area contributed by atoms with Gasteiger partial charge in [0, 0.05) is 32.1 Å². The lowest BCUT2D eigenvalue weighted by molar-refractivity contribution is -0.125. The van der Waals surface area contributed by atoms with E-state index >= 15 is 0 Å². The molecule has 2 atom stereocenters. The van der Waals surface area contributed by atoms with Crippen LogP contribution in [0.5, 0.6) is 0 Å². The summed E-state index contributed by atoms with van der Waals surface area (Å²) in [6.45, 7) is 5.65. The maximum Gasteiger partial charge on any atom is 0.222 e. The minimum atomic E-state index is -0.581. The van der Waals surface area contributed by atoms with Crippen molar-refractivity contribution in [3.05, 3.63) is 35.6 Å². The SMILES string of the molecule is CC(CCc1cccc(F)c1)C(=O)NCC(O)CN1CCOCC1. The number of carbonyl (C=O) groups is 1. The van der Waals surface area contributed by atoms with E-state index in [2.05, 4.69) is 10.2 Å². The minimum Gasteiger partial charge on any atom is -0.390 e. The highest BCUT2D eigenvalue weighted by atomic mass is 19.1. The van der Waals surface area contributed by atoms with Crippen molar-refractivity contribution in [2.24, 2.45) is 5.92 Å². The Morgan fingerprint density at radius 1 is 1.42 bits per heavy atom. The number of nitrogens with zero attached hydrogens (tertiary/aromatic N) is 1. The minimum absolute atomic E-state index is 0.0765. The van der Waals surface area contributed by atoms with Crippen LogP contribution in [0.2, 0.25) is 0 Å². The quantitative estimate of drug-likeness (QED) is 0.748. The molecule has 0 radical (unpaired) electrons. The zero-order chi connectivity index (χ0) is 17.4. The maximum atomic E-state index is 13.1. The summed E-state index contributed by atoms with van der Waals surface area (Å²) >= 11 is 0. The molecule has 2 rings (SSSR count). The molecule has 5 nitrogen and oxygen atoms in total. The lowest BCUT2D eigenvalue weighted by Gasteiger charge is -2.28. The number of halogens is 1. The summed E-state index contributed by atoms with van der Waals surface area (Å²) in [6, 6.07) is 6.45. The summed E-state index contributed by atoms with van der Waals surface area (Å²) < 4.78 is 18.4. The molecule has 0 spiro atoms. The van der Waals surface area contributed by atoms with Gasteiger partial charge >= 0.3 is 0 Å². The summed E-state index contributed by atoms with van der Waals surface area (Å²) in [7, 11) is 0. The van der Waals surface area contributed by atoms with Crippen molar-refractivity contribution in [1.29, 1.82) is 0 Å². The maximum absolute atomic E-state index is 13.1. The average molecular weight is 338 g/mol. The summed E-state index contributed by atoms with van der Waals surface area (Å²) in [5.41, 5.74) is 0.891. The van der Waals surface area contributed by atoms with E-state index in [1.54, 1.807) is 6.07 Å². The van der Waals surface area contributed by atoms with Gasteiger partial charge in [-0.15, -0.1) is 0 Å². The van der Waals surface area contributed by atoms with Crippen molar-refractivity contribution in [2.45, 2.75) is 25.9 Å². The van der Waals surface area contributed by atoms with E-state index in [0.717, 1.165) is 18.7 Å². The number of rotatable bonds is 8. The number of benzene rings is 1. The normalized spacial score (nSPS) is 18.1. The molecule has 24 heavy (non-hydrogen) atoms. The highest BCUT2D eigenvalue weighted by Gasteiger charge is 2.17. The van der Waals surface area contributed by atoms with Crippen LogP contribution in [0.25, 0.3) is 0 Å². The fourth-order valence-corrected chi connectivity index (χ4v) is 2.75. The predicted molar refractivity (Wildman–Crippen MR) is 90.2 cm³/mol. The van der Waals surface area contributed by atoms with Crippen LogP contribution in [0.3, 0.4) is 0 Å². The number of carbonyl (C=O) groups excluding carboxylic acids is 1. The fourth-order valence-electron chi connectivity index (χ4n) is 2.75. The summed E-state index contributed by atoms with van der Waals surface area (Å²) in [5, 5.41) is 12.8. The highest BCUT2D eigenvalue weighted by Crippen LogP contribution is 2.11. The smallest absolute Gasteiger partial charge is 0.222 e. The number of aryl methyl sites for hydroxylation is 1. The zero-order valence-corrected chi connectivity index (χ0v) is 14.2. The Balaban J connectivity index is 1.65. The molecule has 1 fully saturated rings. The highest BCUT2D eigenvalue weighted by molar-refractivity contribution is 5.78. The van der Waals surface area contributed by atoms with Crippen molar-refractivity contribution >= 4 is 5.91 Å². The summed E-state index contributed by atoms with van der Waals surface area (Å²) in [6.07, 6.45) is 0.722. The van der Waals surface area contributed by atoms with Gasteiger partial charge in [-0.25, -0.2) is 4.39 Å². The van der Waals surface area contributed by atoms with Gasteiger partial charge in [0.05, 0.1) is 19.3 Å². The molecular weight excluding hydrogens is 311 g/mol. The van der Waals surface area contributed by atoms with Gasteiger partial charge in [0.1, 0.15) is 5.82 Å². The molecule has 1 saturated heterocycles. The van der Waals surface area contributed by atoms with Crippen LogP contribution in [-0.4, -0.2) is 61.4 Å². The Kier molecular flexibility index (Phi) is 7.62. The van der Waals surface area contributed by atoms with E-state index in [-0.39, 0.29) is 24.2 Å². The molecule has 2 unspecified atom stereocenters. The molecule has 1 heterocycles. The van der Waals surface area contributed by atoms with E-state index in [9.17, 15) is 14.3 Å². The van der Waals surface area contributed by atoms with Gasteiger partial charge in [0.25, 0.3) is 0 Å². The first kappa shape index (κ1) is 18.8. The number of hydrogen-bond donors (Lipinski definition) is 2. The molecule has 1 aromatic carbocycles. The van der Waals surface area contributed by atoms with Crippen molar-refractivity contribution in [3.63, 3.8) is 0 Å². The number of nitrogens with one attached hydrogen (secondary N) is 1. The Bertz CT molecular complexity index is 521. The standard InChI is InChI=1S/C18H27FN2O3/c1-14(5-6-15-3-2-4-16(19)11-15)18(23)20-12-17(22)13-21-7-9-24-10-8-21/h2-4,11,14,17,22H,5-10,12-13H2,1H3,(H,20,23). The Hall–Kier alpha value is -1.50. The number of ether oxygens (including phenoxy) is 1. The largest absolute Gasteiger partial charge is 0.390 e. The second kappa shape index (κ2) is 9.71. The molecule has 1 aliphatic rings. The second-order valence-electron chi connectivity index (χ2n) is 6.38. The van der Waals surface area contributed by atoms with Gasteiger partial charge in [-0.05, 0) is 30.5 Å². The van der Waals surface area contributed by atoms with Gasteiger partial charge in [0.2, 0.25) is 5.91 Å². The number of aliphatic hydroxyl groups is 1. The van der Waals surface area contributed by atoms with E-state index in [1.807, 2.05) is 13.0 Å². The molecule has 0 aliphatic carbocycles. The molecule has 0 bridgehead atoms. The predicted octanol–water partition coefficient (Wildman–Crippen LogP) is 1.20. The Morgan fingerprint density at radius 2 is 2.17 bits per heavy atom. The number of β-amino-alcohol motifs (C(OH)–C–C–N with tert-alkyl or cyclic N) is 1. The lowest BCUT2D eigenvalue weighted by Crippen LogP contribution is -2.45. The van der Waals surface area contributed by atoms with Crippen molar-refractivity contribution in [1.82, 2.24) is 10.2 Å². The van der Waals surface area contributed by atoms with Gasteiger partial charge in [-0.2, -0.15) is 0 Å². The first-order chi connectivity index (χ1) is 11.5. The molecule has 0 saturated carbocycles. The van der Waals surface area contributed by atoms with Gasteiger partial charge in [-0.1, -0.05) is 19.1 Å². The second-order valence-corrected chi connectivity index (χ2v) is 6.38. The third-order valence-electron chi connectivity index (χ3n) is 4.29.